The smallest absolute Gasteiger partial charge is 0.293 e. The van der Waals surface area contributed by atoms with Gasteiger partial charge >= 0.3 is 0 Å². The number of imide groups is 1. The van der Waals surface area contributed by atoms with Crippen molar-refractivity contribution in [2.75, 3.05) is 0 Å². The fourth-order valence-electron chi connectivity index (χ4n) is 2.41. The number of hydrogen-bond acceptors (Lipinski definition) is 4. The Morgan fingerprint density at radius 1 is 1.28 bits per heavy atom. The SMILES string of the molecule is Cc1ccc(O)c(/C=C2\SC(=O)N(Cc3c(F)cccc3Cl)C2=O)c1. The van der Waals surface area contributed by atoms with Crippen LogP contribution in [-0.4, -0.2) is 21.2 Å². The summed E-state index contributed by atoms with van der Waals surface area (Å²) in [7, 11) is 0. The first-order valence-electron chi connectivity index (χ1n) is 7.34. The Labute approximate surface area is 152 Å². The zero-order chi connectivity index (χ0) is 18.1. The second kappa shape index (κ2) is 6.90. The van der Waals surface area contributed by atoms with Gasteiger partial charge < -0.3 is 5.11 Å². The van der Waals surface area contributed by atoms with Gasteiger partial charge in [-0.3, -0.25) is 14.5 Å². The molecule has 4 nitrogen and oxygen atoms in total. The van der Waals surface area contributed by atoms with Gasteiger partial charge in [-0.1, -0.05) is 29.3 Å². The van der Waals surface area contributed by atoms with E-state index in [1.807, 2.05) is 6.92 Å². The van der Waals surface area contributed by atoms with Crippen LogP contribution in [0.1, 0.15) is 16.7 Å². The summed E-state index contributed by atoms with van der Waals surface area (Å²) in [5.41, 5.74) is 1.43. The van der Waals surface area contributed by atoms with Crippen LogP contribution in [-0.2, 0) is 11.3 Å². The van der Waals surface area contributed by atoms with Crippen molar-refractivity contribution in [2.45, 2.75) is 13.5 Å². The van der Waals surface area contributed by atoms with E-state index in [0.29, 0.717) is 5.56 Å². The van der Waals surface area contributed by atoms with E-state index < -0.39 is 17.0 Å². The highest BCUT2D eigenvalue weighted by Crippen LogP contribution is 2.35. The van der Waals surface area contributed by atoms with Crippen molar-refractivity contribution in [3.8, 4) is 5.75 Å². The van der Waals surface area contributed by atoms with Crippen LogP contribution < -0.4 is 0 Å². The molecule has 0 unspecified atom stereocenters. The number of phenolic OH excluding ortho intramolecular Hbond substituents is 1. The molecule has 1 aliphatic heterocycles. The highest BCUT2D eigenvalue weighted by molar-refractivity contribution is 8.18. The van der Waals surface area contributed by atoms with Crippen LogP contribution in [0, 0.1) is 12.7 Å². The summed E-state index contributed by atoms with van der Waals surface area (Å²) in [5.74, 6) is -1.11. The molecule has 2 amide bonds. The second-order valence-corrected chi connectivity index (χ2v) is 6.93. The highest BCUT2D eigenvalue weighted by atomic mass is 35.5. The summed E-state index contributed by atoms with van der Waals surface area (Å²) in [4.78, 5) is 25.8. The second-order valence-electron chi connectivity index (χ2n) is 5.53. The Morgan fingerprint density at radius 2 is 2.04 bits per heavy atom. The number of amides is 2. The number of halogens is 2. The maximum atomic E-state index is 13.9. The van der Waals surface area contributed by atoms with Crippen molar-refractivity contribution in [1.29, 1.82) is 0 Å². The van der Waals surface area contributed by atoms with Gasteiger partial charge in [0.15, 0.2) is 0 Å². The molecule has 0 bridgehead atoms. The van der Waals surface area contributed by atoms with E-state index in [-0.39, 0.29) is 27.8 Å². The van der Waals surface area contributed by atoms with E-state index in [4.69, 9.17) is 11.6 Å². The Kier molecular flexibility index (Phi) is 4.83. The summed E-state index contributed by atoms with van der Waals surface area (Å²) in [6, 6.07) is 9.14. The molecular formula is C18H13ClFNO3S. The molecule has 7 heteroatoms. The molecule has 1 fully saturated rings. The van der Waals surface area contributed by atoms with E-state index in [2.05, 4.69) is 0 Å². The Morgan fingerprint density at radius 3 is 2.76 bits per heavy atom. The topological polar surface area (TPSA) is 57.6 Å². The molecule has 3 rings (SSSR count). The largest absolute Gasteiger partial charge is 0.507 e. The van der Waals surface area contributed by atoms with Crippen molar-refractivity contribution >= 4 is 40.6 Å². The van der Waals surface area contributed by atoms with Gasteiger partial charge in [0.05, 0.1) is 11.4 Å². The average molecular weight is 378 g/mol. The molecule has 2 aromatic carbocycles. The summed E-state index contributed by atoms with van der Waals surface area (Å²) >= 11 is 6.71. The lowest BCUT2D eigenvalue weighted by molar-refractivity contribution is -0.123. The van der Waals surface area contributed by atoms with Crippen LogP contribution in [0.5, 0.6) is 5.75 Å². The first kappa shape index (κ1) is 17.5. The fourth-order valence-corrected chi connectivity index (χ4v) is 3.46. The van der Waals surface area contributed by atoms with Crippen molar-refractivity contribution in [3.63, 3.8) is 0 Å². The maximum Gasteiger partial charge on any atom is 0.293 e. The molecule has 1 heterocycles. The third-order valence-electron chi connectivity index (χ3n) is 3.72. The Balaban J connectivity index is 1.90. The monoisotopic (exact) mass is 377 g/mol. The average Bonchev–Trinajstić information content (AvgIpc) is 2.81. The van der Waals surface area contributed by atoms with Crippen molar-refractivity contribution in [3.05, 3.63) is 68.8 Å². The van der Waals surface area contributed by atoms with Crippen LogP contribution in [0.2, 0.25) is 5.02 Å². The van der Waals surface area contributed by atoms with Crippen molar-refractivity contribution < 1.29 is 19.1 Å². The van der Waals surface area contributed by atoms with Gasteiger partial charge in [-0.15, -0.1) is 0 Å². The number of hydrogen-bond donors (Lipinski definition) is 1. The fraction of sp³-hybridized carbons (Fsp3) is 0.111. The molecule has 0 atom stereocenters. The summed E-state index contributed by atoms with van der Waals surface area (Å²) in [5, 5.41) is 9.53. The van der Waals surface area contributed by atoms with E-state index in [1.54, 1.807) is 12.1 Å². The molecule has 2 aromatic rings. The van der Waals surface area contributed by atoms with Crippen LogP contribution in [0.25, 0.3) is 6.08 Å². The number of carbonyl (C=O) groups is 2. The van der Waals surface area contributed by atoms with Crippen molar-refractivity contribution in [2.24, 2.45) is 0 Å². The van der Waals surface area contributed by atoms with Crippen LogP contribution in [0.4, 0.5) is 9.18 Å². The van der Waals surface area contributed by atoms with Gasteiger partial charge in [0.25, 0.3) is 11.1 Å². The molecule has 0 saturated carbocycles. The van der Waals surface area contributed by atoms with Crippen LogP contribution in [0.15, 0.2) is 41.3 Å². The van der Waals surface area contributed by atoms with E-state index in [0.717, 1.165) is 22.2 Å². The molecule has 128 valence electrons. The number of benzene rings is 2. The van der Waals surface area contributed by atoms with Gasteiger partial charge in [0.2, 0.25) is 0 Å². The van der Waals surface area contributed by atoms with Crippen molar-refractivity contribution in [1.82, 2.24) is 4.90 Å². The highest BCUT2D eigenvalue weighted by Gasteiger charge is 2.36. The zero-order valence-electron chi connectivity index (χ0n) is 13.1. The minimum Gasteiger partial charge on any atom is -0.507 e. The number of rotatable bonds is 3. The minimum absolute atomic E-state index is 0.00884. The standard InChI is InChI=1S/C18H13ClFNO3S/c1-10-5-6-15(22)11(7-10)8-16-17(23)21(18(24)25-16)9-12-13(19)3-2-4-14(12)20/h2-8,22H,9H2,1H3/b16-8-. The van der Waals surface area contributed by atoms with E-state index in [1.165, 1.54) is 30.3 Å². The number of phenols is 1. The summed E-state index contributed by atoms with van der Waals surface area (Å²) < 4.78 is 13.9. The van der Waals surface area contributed by atoms with Gasteiger partial charge in [-0.2, -0.15) is 0 Å². The molecule has 25 heavy (non-hydrogen) atoms. The Hall–Kier alpha value is -2.31. The number of aromatic hydroxyl groups is 1. The quantitative estimate of drug-likeness (QED) is 0.785. The third-order valence-corrected chi connectivity index (χ3v) is 4.98. The lowest BCUT2D eigenvalue weighted by atomic mass is 10.1. The van der Waals surface area contributed by atoms with Gasteiger partial charge in [-0.05, 0) is 49.0 Å². The number of thioether (sulfide) groups is 1. The number of nitrogens with zero attached hydrogens (tertiary/aromatic N) is 1. The molecule has 0 spiro atoms. The normalized spacial score (nSPS) is 16.1. The summed E-state index contributed by atoms with van der Waals surface area (Å²) in [6.45, 7) is 1.61. The molecule has 0 aromatic heterocycles. The molecule has 0 radical (unpaired) electrons. The Bertz CT molecular complexity index is 893. The summed E-state index contributed by atoms with van der Waals surface area (Å²) in [6.07, 6.45) is 1.45. The lowest BCUT2D eigenvalue weighted by Gasteiger charge is -2.14. The third kappa shape index (κ3) is 3.55. The van der Waals surface area contributed by atoms with Gasteiger partial charge in [0, 0.05) is 16.1 Å². The van der Waals surface area contributed by atoms with E-state index >= 15 is 0 Å². The predicted octanol–water partition coefficient (Wildman–Crippen LogP) is 4.73. The van der Waals surface area contributed by atoms with Crippen LogP contribution >= 0.6 is 23.4 Å². The predicted molar refractivity (Wildman–Crippen MR) is 95.8 cm³/mol. The first-order chi connectivity index (χ1) is 11.9. The minimum atomic E-state index is -0.577. The molecule has 1 N–H and O–H groups in total. The lowest BCUT2D eigenvalue weighted by Crippen LogP contribution is -2.28. The number of aryl methyl sites for hydroxylation is 1. The van der Waals surface area contributed by atoms with Gasteiger partial charge in [-0.25, -0.2) is 4.39 Å². The van der Waals surface area contributed by atoms with Gasteiger partial charge in [0.1, 0.15) is 11.6 Å². The molecule has 0 aliphatic carbocycles. The molecule has 1 aliphatic rings. The number of carbonyl (C=O) groups excluding carboxylic acids is 2. The van der Waals surface area contributed by atoms with Crippen LogP contribution in [0.3, 0.4) is 0 Å². The zero-order valence-corrected chi connectivity index (χ0v) is 14.7. The van der Waals surface area contributed by atoms with E-state index in [9.17, 15) is 19.1 Å². The molecule has 1 saturated heterocycles. The molecular weight excluding hydrogens is 365 g/mol. The first-order valence-corrected chi connectivity index (χ1v) is 8.54. The maximum absolute atomic E-state index is 13.9.